The van der Waals surface area contributed by atoms with E-state index in [1.54, 1.807) is 17.8 Å². The number of H-pyrrole nitrogens is 1. The molecule has 0 atom stereocenters. The maximum Gasteiger partial charge on any atom is 0.251 e. The van der Waals surface area contributed by atoms with Gasteiger partial charge < -0.3 is 5.32 Å². The lowest BCUT2D eigenvalue weighted by Crippen LogP contribution is -2.23. The monoisotopic (exact) mass is 309 g/mol. The van der Waals surface area contributed by atoms with Crippen molar-refractivity contribution in [1.82, 2.24) is 25.5 Å². The van der Waals surface area contributed by atoms with Gasteiger partial charge in [0.25, 0.3) is 5.91 Å². The summed E-state index contributed by atoms with van der Waals surface area (Å²) in [5, 5.41) is 10.8. The smallest absolute Gasteiger partial charge is 0.251 e. The van der Waals surface area contributed by atoms with Crippen molar-refractivity contribution in [3.05, 3.63) is 53.3 Å². The van der Waals surface area contributed by atoms with Crippen LogP contribution in [0.15, 0.2) is 42.0 Å². The molecule has 22 heavy (non-hydrogen) atoms. The van der Waals surface area contributed by atoms with Crippen molar-refractivity contribution in [3.63, 3.8) is 0 Å². The van der Waals surface area contributed by atoms with Crippen molar-refractivity contribution in [2.75, 3.05) is 0 Å². The largest absolute Gasteiger partial charge is 0.346 e. The van der Waals surface area contributed by atoms with Gasteiger partial charge in [-0.25, -0.2) is 9.97 Å². The lowest BCUT2D eigenvalue weighted by Gasteiger charge is -2.04. The molecule has 0 aliphatic carbocycles. The van der Waals surface area contributed by atoms with Crippen LogP contribution in [-0.4, -0.2) is 26.1 Å². The lowest BCUT2D eigenvalue weighted by atomic mass is 10.2. The molecule has 4 aromatic rings. The SMILES string of the molecule is O=C(NCc1[nH]nc2ncccc12)c1ccc2ncsc2c1. The molecular formula is C15H11N5OS. The molecule has 0 saturated carbocycles. The van der Waals surface area contributed by atoms with Crippen LogP contribution in [0.4, 0.5) is 0 Å². The Hall–Kier alpha value is -2.80. The molecule has 0 bridgehead atoms. The van der Waals surface area contributed by atoms with Gasteiger partial charge in [-0.2, -0.15) is 5.10 Å². The van der Waals surface area contributed by atoms with E-state index < -0.39 is 0 Å². The summed E-state index contributed by atoms with van der Waals surface area (Å²) in [7, 11) is 0. The molecule has 3 aromatic heterocycles. The minimum Gasteiger partial charge on any atom is -0.346 e. The molecule has 4 rings (SSSR count). The molecule has 0 saturated heterocycles. The molecule has 0 aliphatic rings. The van der Waals surface area contributed by atoms with Gasteiger partial charge in [-0.15, -0.1) is 11.3 Å². The molecule has 2 N–H and O–H groups in total. The Bertz CT molecular complexity index is 974. The number of aromatic amines is 1. The number of amides is 1. The van der Waals surface area contributed by atoms with Gasteiger partial charge in [0.1, 0.15) is 0 Å². The van der Waals surface area contributed by atoms with Gasteiger partial charge >= 0.3 is 0 Å². The maximum absolute atomic E-state index is 12.3. The number of carbonyl (C=O) groups excluding carboxylic acids is 1. The third-order valence-corrected chi connectivity index (χ3v) is 4.22. The summed E-state index contributed by atoms with van der Waals surface area (Å²) in [4.78, 5) is 20.6. The molecule has 108 valence electrons. The van der Waals surface area contributed by atoms with Gasteiger partial charge in [-0.1, -0.05) is 0 Å². The first-order valence-corrected chi connectivity index (χ1v) is 7.58. The van der Waals surface area contributed by atoms with Gasteiger partial charge in [-0.3, -0.25) is 9.89 Å². The van der Waals surface area contributed by atoms with E-state index in [1.807, 2.05) is 24.3 Å². The predicted octanol–water partition coefficient (Wildman–Crippen LogP) is 2.50. The zero-order valence-electron chi connectivity index (χ0n) is 11.4. The number of hydrogen-bond donors (Lipinski definition) is 2. The first-order chi connectivity index (χ1) is 10.8. The zero-order chi connectivity index (χ0) is 14.9. The minimum absolute atomic E-state index is 0.123. The maximum atomic E-state index is 12.3. The summed E-state index contributed by atoms with van der Waals surface area (Å²) in [6.45, 7) is 0.377. The van der Waals surface area contributed by atoms with E-state index in [4.69, 9.17) is 0 Å². The third kappa shape index (κ3) is 2.21. The van der Waals surface area contributed by atoms with Crippen LogP contribution in [0.3, 0.4) is 0 Å². The fourth-order valence-corrected chi connectivity index (χ4v) is 3.02. The molecule has 0 spiro atoms. The number of pyridine rings is 1. The summed E-state index contributed by atoms with van der Waals surface area (Å²) >= 11 is 1.52. The number of nitrogens with zero attached hydrogens (tertiary/aromatic N) is 3. The highest BCUT2D eigenvalue weighted by Crippen LogP contribution is 2.19. The van der Waals surface area contributed by atoms with Crippen molar-refractivity contribution in [2.24, 2.45) is 0 Å². The molecule has 7 heteroatoms. The first-order valence-electron chi connectivity index (χ1n) is 6.71. The Morgan fingerprint density at radius 3 is 3.18 bits per heavy atom. The van der Waals surface area contributed by atoms with Gasteiger partial charge in [0.15, 0.2) is 5.65 Å². The van der Waals surface area contributed by atoms with Crippen LogP contribution < -0.4 is 5.32 Å². The van der Waals surface area contributed by atoms with Gasteiger partial charge in [0.2, 0.25) is 0 Å². The van der Waals surface area contributed by atoms with Gasteiger partial charge in [0, 0.05) is 17.1 Å². The quantitative estimate of drug-likeness (QED) is 0.609. The number of rotatable bonds is 3. The fraction of sp³-hybridized carbons (Fsp3) is 0.0667. The standard InChI is InChI=1S/C15H11N5OS/c21-15(9-3-4-11-13(6-9)22-8-18-11)17-7-12-10-2-1-5-16-14(10)20-19-12/h1-6,8H,7H2,(H,17,21)(H,16,19,20). The second kappa shape index (κ2) is 5.19. The van der Waals surface area contributed by atoms with Crippen molar-refractivity contribution < 1.29 is 4.79 Å². The number of nitrogens with one attached hydrogen (secondary N) is 2. The molecule has 1 amide bonds. The van der Waals surface area contributed by atoms with Crippen LogP contribution in [0.1, 0.15) is 16.1 Å². The Morgan fingerprint density at radius 2 is 2.23 bits per heavy atom. The second-order valence-electron chi connectivity index (χ2n) is 4.79. The van der Waals surface area contributed by atoms with Gasteiger partial charge in [0.05, 0.1) is 28.0 Å². The average molecular weight is 309 g/mol. The third-order valence-electron chi connectivity index (χ3n) is 3.43. The molecule has 1 aromatic carbocycles. The fourth-order valence-electron chi connectivity index (χ4n) is 2.30. The van der Waals surface area contributed by atoms with E-state index in [0.29, 0.717) is 17.8 Å². The number of hydrogen-bond acceptors (Lipinski definition) is 5. The van der Waals surface area contributed by atoms with Crippen molar-refractivity contribution in [2.45, 2.75) is 6.54 Å². The second-order valence-corrected chi connectivity index (χ2v) is 5.68. The van der Waals surface area contributed by atoms with Crippen LogP contribution in [0, 0.1) is 0 Å². The number of aromatic nitrogens is 4. The summed E-state index contributed by atoms with van der Waals surface area (Å²) < 4.78 is 1.00. The Balaban J connectivity index is 1.54. The highest BCUT2D eigenvalue weighted by atomic mass is 32.1. The number of fused-ring (bicyclic) bond motifs is 2. The van der Waals surface area contributed by atoms with Gasteiger partial charge in [-0.05, 0) is 30.3 Å². The Kier molecular flexibility index (Phi) is 3.05. The highest BCUT2D eigenvalue weighted by Gasteiger charge is 2.10. The Labute approximate surface area is 129 Å². The molecule has 0 radical (unpaired) electrons. The highest BCUT2D eigenvalue weighted by molar-refractivity contribution is 7.16. The number of carbonyl (C=O) groups is 1. The van der Waals surface area contributed by atoms with Crippen molar-refractivity contribution in [3.8, 4) is 0 Å². The molecule has 0 aliphatic heterocycles. The Morgan fingerprint density at radius 1 is 1.27 bits per heavy atom. The van der Waals surface area contributed by atoms with Crippen LogP contribution in [-0.2, 0) is 6.54 Å². The molecule has 6 nitrogen and oxygen atoms in total. The van der Waals surface area contributed by atoms with Crippen molar-refractivity contribution in [1.29, 1.82) is 0 Å². The number of benzene rings is 1. The normalized spacial score (nSPS) is 11.1. The lowest BCUT2D eigenvalue weighted by molar-refractivity contribution is 0.0950. The summed E-state index contributed by atoms with van der Waals surface area (Å²) in [6.07, 6.45) is 1.69. The molecule has 3 heterocycles. The predicted molar refractivity (Wildman–Crippen MR) is 84.7 cm³/mol. The summed E-state index contributed by atoms with van der Waals surface area (Å²) in [6, 6.07) is 9.27. The number of thiazole rings is 1. The molecule has 0 fully saturated rings. The topological polar surface area (TPSA) is 83.6 Å². The average Bonchev–Trinajstić information content (AvgIpc) is 3.18. The zero-order valence-corrected chi connectivity index (χ0v) is 12.2. The van der Waals surface area contributed by atoms with E-state index in [9.17, 15) is 4.79 Å². The van der Waals surface area contributed by atoms with E-state index in [-0.39, 0.29) is 5.91 Å². The van der Waals surface area contributed by atoms with E-state index in [1.165, 1.54) is 11.3 Å². The van der Waals surface area contributed by atoms with E-state index in [2.05, 4.69) is 25.5 Å². The summed E-state index contributed by atoms with van der Waals surface area (Å²) in [5.74, 6) is -0.123. The van der Waals surface area contributed by atoms with E-state index >= 15 is 0 Å². The molecular weight excluding hydrogens is 298 g/mol. The first kappa shape index (κ1) is 12.9. The van der Waals surface area contributed by atoms with Crippen LogP contribution in [0.5, 0.6) is 0 Å². The minimum atomic E-state index is -0.123. The van der Waals surface area contributed by atoms with Crippen LogP contribution in [0.25, 0.3) is 21.3 Å². The van der Waals surface area contributed by atoms with E-state index in [0.717, 1.165) is 21.3 Å². The van der Waals surface area contributed by atoms with Crippen LogP contribution >= 0.6 is 11.3 Å². The van der Waals surface area contributed by atoms with Crippen LogP contribution in [0.2, 0.25) is 0 Å². The van der Waals surface area contributed by atoms with Crippen molar-refractivity contribution >= 4 is 38.5 Å². The summed E-state index contributed by atoms with van der Waals surface area (Å²) in [5.41, 5.74) is 4.80. The molecule has 0 unspecified atom stereocenters.